The van der Waals surface area contributed by atoms with Gasteiger partial charge in [-0.05, 0) is 43.4 Å². The van der Waals surface area contributed by atoms with Gasteiger partial charge in [0.15, 0.2) is 0 Å². The van der Waals surface area contributed by atoms with E-state index in [2.05, 4.69) is 4.74 Å². The number of allylic oxidation sites excluding steroid dienone is 1. The molecule has 0 aliphatic heterocycles. The number of fused-ring (bicyclic) bond motifs is 1. The molecule has 3 atom stereocenters. The topological polar surface area (TPSA) is 80.7 Å². The van der Waals surface area contributed by atoms with Crippen molar-refractivity contribution >= 4 is 16.1 Å². The Balaban J connectivity index is 1.88. The Morgan fingerprint density at radius 1 is 1.12 bits per heavy atom. The molecule has 3 saturated carbocycles. The lowest BCUT2D eigenvalue weighted by Gasteiger charge is -2.53. The molecule has 11 heteroatoms. The summed E-state index contributed by atoms with van der Waals surface area (Å²) in [4.78, 5) is 12.0. The van der Waals surface area contributed by atoms with Crippen LogP contribution in [-0.2, 0) is 19.6 Å². The number of carbonyl (C=O) groups excluding carboxylic acids is 1. The fourth-order valence-electron chi connectivity index (χ4n) is 4.02. The van der Waals surface area contributed by atoms with Crippen LogP contribution >= 0.6 is 0 Å². The molecule has 5 rings (SSSR count). The Kier molecular flexibility index (Phi) is 3.76. The number of rotatable bonds is 4. The van der Waals surface area contributed by atoms with Gasteiger partial charge in [-0.25, -0.2) is 4.79 Å². The Labute approximate surface area is 133 Å². The number of carbonyl (C=O) groups is 1. The highest BCUT2D eigenvalue weighted by Gasteiger charge is 2.66. The molecule has 0 aromatic rings. The Hall–Kier alpha value is -1.23. The Morgan fingerprint density at radius 3 is 2.08 bits per heavy atom. The van der Waals surface area contributed by atoms with E-state index in [1.807, 2.05) is 0 Å². The average molecular weight is 376 g/mol. The fourth-order valence-corrected chi connectivity index (χ4v) is 4.48. The molecule has 0 aromatic heterocycles. The van der Waals surface area contributed by atoms with Crippen molar-refractivity contribution in [2.24, 2.45) is 17.8 Å². The minimum atomic E-state index is -6.42. The first-order valence-corrected chi connectivity index (χ1v) is 8.61. The molecule has 24 heavy (non-hydrogen) atoms. The number of halogens is 5. The maximum absolute atomic E-state index is 13.4. The third-order valence-corrected chi connectivity index (χ3v) is 5.85. The lowest BCUT2D eigenvalue weighted by molar-refractivity contribution is -0.257. The van der Waals surface area contributed by atoms with E-state index in [-0.39, 0.29) is 29.7 Å². The third-order valence-electron chi connectivity index (χ3n) is 4.94. The van der Waals surface area contributed by atoms with E-state index in [1.165, 1.54) is 0 Å². The second-order valence-corrected chi connectivity index (χ2v) is 7.96. The second kappa shape index (κ2) is 5.13. The van der Waals surface area contributed by atoms with E-state index in [9.17, 15) is 35.2 Å². The van der Waals surface area contributed by atoms with E-state index in [1.54, 1.807) is 0 Å². The molecule has 4 bridgehead atoms. The van der Waals surface area contributed by atoms with Crippen molar-refractivity contribution < 1.29 is 44.5 Å². The average Bonchev–Trinajstić information content (AvgIpc) is 2.41. The van der Waals surface area contributed by atoms with Crippen LogP contribution < -0.4 is 0 Å². The summed E-state index contributed by atoms with van der Waals surface area (Å²) >= 11 is 0. The van der Waals surface area contributed by atoms with Gasteiger partial charge in [0, 0.05) is 5.57 Å². The quantitative estimate of drug-likeness (QED) is 0.464. The predicted octanol–water partition coefficient (Wildman–Crippen LogP) is 2.69. The number of ether oxygens (including phenoxy) is 1. The minimum Gasteiger partial charge on any atom is -0.441 e. The maximum Gasteiger partial charge on any atom is 0.432 e. The molecule has 3 fully saturated rings. The lowest BCUT2D eigenvalue weighted by Crippen LogP contribution is -2.53. The normalized spacial score (nSPS) is 30.8. The van der Waals surface area contributed by atoms with Gasteiger partial charge in [-0.1, -0.05) is 5.57 Å². The second-order valence-electron chi connectivity index (χ2n) is 6.47. The molecule has 0 spiro atoms. The van der Waals surface area contributed by atoms with Crippen LogP contribution in [0.4, 0.5) is 22.0 Å². The minimum absolute atomic E-state index is 0.0564. The molecule has 5 aliphatic rings. The molecule has 1 N–H and O–H groups in total. The standard InChI is InChI=1S/C13H13F5O5S/c14-12(15,16)11(13(17,18)24(20,21)22)23-10(19)8-3-5-1-6-4-7(2-5)9(6)8/h5-7,11H,1-4H2,(H,20,21,22). The Bertz CT molecular complexity index is 697. The summed E-state index contributed by atoms with van der Waals surface area (Å²) < 4.78 is 98.7. The van der Waals surface area contributed by atoms with Crippen LogP contribution in [0.25, 0.3) is 0 Å². The molecule has 5 nitrogen and oxygen atoms in total. The molecule has 0 amide bonds. The van der Waals surface area contributed by atoms with Gasteiger partial charge in [-0.15, -0.1) is 0 Å². The van der Waals surface area contributed by atoms with Gasteiger partial charge >= 0.3 is 27.5 Å². The summed E-state index contributed by atoms with van der Waals surface area (Å²) in [6.45, 7) is 0. The van der Waals surface area contributed by atoms with Crippen LogP contribution in [0, 0.1) is 17.8 Å². The molecule has 0 saturated heterocycles. The predicted molar refractivity (Wildman–Crippen MR) is 68.4 cm³/mol. The van der Waals surface area contributed by atoms with Gasteiger partial charge in [0.1, 0.15) is 0 Å². The monoisotopic (exact) mass is 376 g/mol. The summed E-state index contributed by atoms with van der Waals surface area (Å²) in [6, 6.07) is 0. The van der Waals surface area contributed by atoms with Crippen LogP contribution in [-0.4, -0.2) is 36.5 Å². The van der Waals surface area contributed by atoms with Crippen molar-refractivity contribution in [1.82, 2.24) is 0 Å². The van der Waals surface area contributed by atoms with Gasteiger partial charge < -0.3 is 4.74 Å². The van der Waals surface area contributed by atoms with E-state index in [0.29, 0.717) is 5.57 Å². The first kappa shape index (κ1) is 17.6. The molecular weight excluding hydrogens is 363 g/mol. The highest BCUT2D eigenvalue weighted by Crippen LogP contribution is 2.59. The third kappa shape index (κ3) is 2.61. The highest BCUT2D eigenvalue weighted by atomic mass is 32.2. The van der Waals surface area contributed by atoms with Crippen LogP contribution in [0.3, 0.4) is 0 Å². The zero-order valence-corrected chi connectivity index (χ0v) is 12.8. The van der Waals surface area contributed by atoms with Gasteiger partial charge in [0.2, 0.25) is 0 Å². The summed E-state index contributed by atoms with van der Waals surface area (Å²) in [6.07, 6.45) is -7.55. The molecule has 0 radical (unpaired) electrons. The number of alkyl halides is 5. The van der Waals surface area contributed by atoms with Gasteiger partial charge in [-0.2, -0.15) is 30.4 Å². The van der Waals surface area contributed by atoms with Crippen molar-refractivity contribution in [1.29, 1.82) is 0 Å². The Morgan fingerprint density at radius 2 is 1.67 bits per heavy atom. The van der Waals surface area contributed by atoms with E-state index >= 15 is 0 Å². The fraction of sp³-hybridized carbons (Fsp3) is 0.769. The molecular formula is C13H13F5O5S. The zero-order chi connectivity index (χ0) is 18.1. The van der Waals surface area contributed by atoms with Crippen molar-refractivity contribution in [2.75, 3.05) is 0 Å². The number of esters is 1. The smallest absolute Gasteiger partial charge is 0.432 e. The molecule has 3 unspecified atom stereocenters. The van der Waals surface area contributed by atoms with Gasteiger partial charge in [0.05, 0.1) is 0 Å². The van der Waals surface area contributed by atoms with E-state index < -0.39 is 33.6 Å². The van der Waals surface area contributed by atoms with Crippen LogP contribution in [0.1, 0.15) is 25.7 Å². The maximum atomic E-state index is 13.4. The van der Waals surface area contributed by atoms with E-state index in [4.69, 9.17) is 4.55 Å². The van der Waals surface area contributed by atoms with Crippen molar-refractivity contribution in [3.05, 3.63) is 11.1 Å². The number of hydrogen-bond acceptors (Lipinski definition) is 4. The van der Waals surface area contributed by atoms with Crippen molar-refractivity contribution in [3.63, 3.8) is 0 Å². The summed E-state index contributed by atoms with van der Waals surface area (Å²) in [5, 5.41) is -5.69. The lowest BCUT2D eigenvalue weighted by atomic mass is 9.51. The summed E-state index contributed by atoms with van der Waals surface area (Å²) in [5.41, 5.74) is 0.595. The number of hydrogen-bond donors (Lipinski definition) is 1. The SMILES string of the molecule is O=C(OC(C(F)(F)F)C(F)(F)S(=O)(=O)O)C1=C2C3CC(C1)CC2C3. The van der Waals surface area contributed by atoms with Crippen LogP contribution in [0.15, 0.2) is 11.1 Å². The van der Waals surface area contributed by atoms with E-state index in [0.717, 1.165) is 19.3 Å². The van der Waals surface area contributed by atoms with Gasteiger partial charge in [0.25, 0.3) is 6.10 Å². The first-order chi connectivity index (χ1) is 10.8. The largest absolute Gasteiger partial charge is 0.441 e. The summed E-state index contributed by atoms with van der Waals surface area (Å²) in [5.74, 6) is -1.36. The zero-order valence-electron chi connectivity index (χ0n) is 12.0. The first-order valence-electron chi connectivity index (χ1n) is 7.17. The highest BCUT2D eigenvalue weighted by molar-refractivity contribution is 7.86. The van der Waals surface area contributed by atoms with Crippen molar-refractivity contribution in [2.45, 2.75) is 43.2 Å². The molecule has 0 aromatic carbocycles. The summed E-state index contributed by atoms with van der Waals surface area (Å²) in [7, 11) is -6.42. The molecule has 5 aliphatic carbocycles. The van der Waals surface area contributed by atoms with Crippen LogP contribution in [0.5, 0.6) is 0 Å². The molecule has 136 valence electrons. The van der Waals surface area contributed by atoms with Crippen LogP contribution in [0.2, 0.25) is 0 Å². The van der Waals surface area contributed by atoms with Crippen molar-refractivity contribution in [3.8, 4) is 0 Å². The van der Waals surface area contributed by atoms with Gasteiger partial charge in [-0.3, -0.25) is 4.55 Å². The molecule has 0 heterocycles.